The second-order valence-corrected chi connectivity index (χ2v) is 6.51. The number of amides is 2. The third-order valence-electron chi connectivity index (χ3n) is 4.04. The molecule has 0 aliphatic carbocycles. The summed E-state index contributed by atoms with van der Waals surface area (Å²) in [5.74, 6) is -0.228. The van der Waals surface area contributed by atoms with Crippen LogP contribution in [0.2, 0.25) is 0 Å². The monoisotopic (exact) mass is 341 g/mol. The molecule has 2 aromatic rings. The Labute approximate surface area is 145 Å². The number of carbonyl (C=O) groups excluding carboxylic acids is 2. The van der Waals surface area contributed by atoms with Crippen LogP contribution < -0.4 is 10.2 Å². The molecule has 124 valence electrons. The third kappa shape index (κ3) is 3.38. The average Bonchev–Trinajstić information content (AvgIpc) is 3.13. The summed E-state index contributed by atoms with van der Waals surface area (Å²) in [6, 6.07) is 5.53. The third-order valence-corrected chi connectivity index (χ3v) is 4.88. The lowest BCUT2D eigenvalue weighted by Gasteiger charge is -2.29. The zero-order valence-corrected chi connectivity index (χ0v) is 14.1. The van der Waals surface area contributed by atoms with Crippen molar-refractivity contribution in [1.82, 2.24) is 10.3 Å². The summed E-state index contributed by atoms with van der Waals surface area (Å²) in [4.78, 5) is 30.5. The Morgan fingerprint density at radius 2 is 2.29 bits per heavy atom. The fourth-order valence-corrected chi connectivity index (χ4v) is 3.55. The number of carbonyl (C=O) groups is 2. The van der Waals surface area contributed by atoms with E-state index in [1.54, 1.807) is 22.4 Å². The number of thiazole rings is 1. The standard InChI is InChI=1S/C18H19N3O2S/c1-2-17(22)21-11-4-6-13-14(5-3-7-15(13)21)18(23)20-9-8-16-19-10-12-24-16/h2-3,5,7,10,12H,1,4,6,8-9,11H2,(H,20,23). The molecule has 3 rings (SSSR count). The number of rotatable bonds is 5. The molecule has 2 heterocycles. The van der Waals surface area contributed by atoms with E-state index in [9.17, 15) is 9.59 Å². The van der Waals surface area contributed by atoms with E-state index in [2.05, 4.69) is 16.9 Å². The van der Waals surface area contributed by atoms with Crippen molar-refractivity contribution < 1.29 is 9.59 Å². The van der Waals surface area contributed by atoms with Gasteiger partial charge in [0.25, 0.3) is 5.91 Å². The predicted octanol–water partition coefficient (Wildman–Crippen LogP) is 2.58. The summed E-state index contributed by atoms with van der Waals surface area (Å²) < 4.78 is 0. The molecule has 0 unspecified atom stereocenters. The number of benzene rings is 1. The van der Waals surface area contributed by atoms with Crippen LogP contribution in [-0.2, 0) is 17.6 Å². The van der Waals surface area contributed by atoms with Crippen LogP contribution in [0.3, 0.4) is 0 Å². The minimum absolute atomic E-state index is 0.101. The van der Waals surface area contributed by atoms with Crippen LogP contribution in [0.4, 0.5) is 5.69 Å². The van der Waals surface area contributed by atoms with E-state index in [4.69, 9.17) is 0 Å². The Morgan fingerprint density at radius 3 is 3.04 bits per heavy atom. The SMILES string of the molecule is C=CC(=O)N1CCCc2c(C(=O)NCCc3nccs3)cccc21. The van der Waals surface area contributed by atoms with Gasteiger partial charge in [-0.1, -0.05) is 12.6 Å². The lowest BCUT2D eigenvalue weighted by Crippen LogP contribution is -2.35. The van der Waals surface area contributed by atoms with Crippen LogP contribution >= 0.6 is 11.3 Å². The molecule has 1 aromatic carbocycles. The summed E-state index contributed by atoms with van der Waals surface area (Å²) in [5.41, 5.74) is 2.40. The normalized spacial score (nSPS) is 13.2. The number of aromatic nitrogens is 1. The van der Waals surface area contributed by atoms with E-state index in [0.717, 1.165) is 35.5 Å². The minimum Gasteiger partial charge on any atom is -0.352 e. The lowest BCUT2D eigenvalue weighted by molar-refractivity contribution is -0.114. The molecule has 0 atom stereocenters. The molecule has 1 N–H and O–H groups in total. The van der Waals surface area contributed by atoms with Crippen LogP contribution in [0.1, 0.15) is 27.3 Å². The number of hydrogen-bond donors (Lipinski definition) is 1. The van der Waals surface area contributed by atoms with Gasteiger partial charge in [0.2, 0.25) is 5.91 Å². The molecule has 0 bridgehead atoms. The smallest absolute Gasteiger partial charge is 0.251 e. The number of anilines is 1. The molecule has 1 aliphatic rings. The first-order chi connectivity index (χ1) is 11.7. The molecule has 24 heavy (non-hydrogen) atoms. The number of nitrogens with zero attached hydrogens (tertiary/aromatic N) is 2. The summed E-state index contributed by atoms with van der Waals surface area (Å²) in [7, 11) is 0. The van der Waals surface area contributed by atoms with Crippen molar-refractivity contribution in [2.45, 2.75) is 19.3 Å². The van der Waals surface area contributed by atoms with Crippen molar-refractivity contribution >= 4 is 28.8 Å². The molecule has 0 saturated heterocycles. The average molecular weight is 341 g/mol. The molecule has 0 fully saturated rings. The molecule has 1 aromatic heterocycles. The Hall–Kier alpha value is -2.47. The topological polar surface area (TPSA) is 62.3 Å². The molecule has 2 amide bonds. The van der Waals surface area contributed by atoms with Gasteiger partial charge in [-0.3, -0.25) is 9.59 Å². The number of fused-ring (bicyclic) bond motifs is 1. The van der Waals surface area contributed by atoms with E-state index in [0.29, 0.717) is 18.7 Å². The maximum absolute atomic E-state index is 12.5. The Morgan fingerprint density at radius 1 is 1.42 bits per heavy atom. The van der Waals surface area contributed by atoms with Crippen LogP contribution in [0.15, 0.2) is 42.4 Å². The number of hydrogen-bond acceptors (Lipinski definition) is 4. The second kappa shape index (κ2) is 7.40. The molecular formula is C18H19N3O2S. The predicted molar refractivity (Wildman–Crippen MR) is 95.5 cm³/mol. The van der Waals surface area contributed by atoms with Crippen molar-refractivity contribution in [2.24, 2.45) is 0 Å². The summed E-state index contributed by atoms with van der Waals surface area (Å²) in [6.45, 7) is 4.76. The first-order valence-electron chi connectivity index (χ1n) is 7.93. The fraction of sp³-hybridized carbons (Fsp3) is 0.278. The number of nitrogens with one attached hydrogen (secondary N) is 1. The van der Waals surface area contributed by atoms with Gasteiger partial charge < -0.3 is 10.2 Å². The van der Waals surface area contributed by atoms with Crippen molar-refractivity contribution in [2.75, 3.05) is 18.0 Å². The lowest BCUT2D eigenvalue weighted by atomic mass is 9.95. The van der Waals surface area contributed by atoms with E-state index < -0.39 is 0 Å². The van der Waals surface area contributed by atoms with E-state index in [1.165, 1.54) is 6.08 Å². The molecule has 0 spiro atoms. The van der Waals surface area contributed by atoms with Gasteiger partial charge >= 0.3 is 0 Å². The summed E-state index contributed by atoms with van der Waals surface area (Å²) >= 11 is 1.58. The van der Waals surface area contributed by atoms with Crippen molar-refractivity contribution in [3.63, 3.8) is 0 Å². The van der Waals surface area contributed by atoms with Crippen molar-refractivity contribution in [3.05, 3.63) is 58.6 Å². The maximum Gasteiger partial charge on any atom is 0.251 e. The van der Waals surface area contributed by atoms with Crippen LogP contribution in [0, 0.1) is 0 Å². The van der Waals surface area contributed by atoms with Gasteiger partial charge in [0.1, 0.15) is 0 Å². The first kappa shape index (κ1) is 16.4. The minimum atomic E-state index is -0.128. The van der Waals surface area contributed by atoms with Gasteiger partial charge in [-0.2, -0.15) is 0 Å². The van der Waals surface area contributed by atoms with Crippen LogP contribution in [0.25, 0.3) is 0 Å². The van der Waals surface area contributed by atoms with E-state index in [1.807, 2.05) is 23.6 Å². The molecule has 0 saturated carbocycles. The van der Waals surface area contributed by atoms with Crippen molar-refractivity contribution in [3.8, 4) is 0 Å². The van der Waals surface area contributed by atoms with Gasteiger partial charge in [-0.05, 0) is 36.6 Å². The van der Waals surface area contributed by atoms with Gasteiger partial charge in [0.15, 0.2) is 0 Å². The van der Waals surface area contributed by atoms with E-state index >= 15 is 0 Å². The Bertz CT molecular complexity index is 756. The zero-order chi connectivity index (χ0) is 16.9. The second-order valence-electron chi connectivity index (χ2n) is 5.53. The zero-order valence-electron chi connectivity index (χ0n) is 13.3. The molecular weight excluding hydrogens is 322 g/mol. The summed E-state index contributed by atoms with van der Waals surface area (Å²) in [5, 5.41) is 5.88. The molecule has 1 aliphatic heterocycles. The molecule has 0 radical (unpaired) electrons. The largest absolute Gasteiger partial charge is 0.352 e. The fourth-order valence-electron chi connectivity index (χ4n) is 2.93. The Balaban J connectivity index is 1.75. The highest BCUT2D eigenvalue weighted by molar-refractivity contribution is 7.09. The quantitative estimate of drug-likeness (QED) is 0.850. The molecule has 6 heteroatoms. The van der Waals surface area contributed by atoms with Gasteiger partial charge in [-0.25, -0.2) is 4.98 Å². The maximum atomic E-state index is 12.5. The van der Waals surface area contributed by atoms with Crippen LogP contribution in [-0.4, -0.2) is 29.9 Å². The Kier molecular flexibility index (Phi) is 5.05. The van der Waals surface area contributed by atoms with Gasteiger partial charge in [0, 0.05) is 42.3 Å². The highest BCUT2D eigenvalue weighted by Crippen LogP contribution is 2.30. The molecule has 5 nitrogen and oxygen atoms in total. The van der Waals surface area contributed by atoms with E-state index in [-0.39, 0.29) is 11.8 Å². The first-order valence-corrected chi connectivity index (χ1v) is 8.81. The van der Waals surface area contributed by atoms with Gasteiger partial charge in [0.05, 0.1) is 5.01 Å². The van der Waals surface area contributed by atoms with Crippen LogP contribution in [0.5, 0.6) is 0 Å². The van der Waals surface area contributed by atoms with Gasteiger partial charge in [-0.15, -0.1) is 11.3 Å². The van der Waals surface area contributed by atoms with Crippen molar-refractivity contribution in [1.29, 1.82) is 0 Å². The highest BCUT2D eigenvalue weighted by Gasteiger charge is 2.24. The summed E-state index contributed by atoms with van der Waals surface area (Å²) in [6.07, 6.45) is 5.44. The highest BCUT2D eigenvalue weighted by atomic mass is 32.1.